The predicted molar refractivity (Wildman–Crippen MR) is 52.9 cm³/mol. The third kappa shape index (κ3) is 2.94. The zero-order valence-electron chi connectivity index (χ0n) is 9.16. The Morgan fingerprint density at radius 3 is 2.57 bits per heavy atom. The van der Waals surface area contributed by atoms with Gasteiger partial charge >= 0.3 is 6.09 Å². The number of hydrogen-bond acceptors (Lipinski definition) is 3. The molecule has 0 aliphatic carbocycles. The lowest BCUT2D eigenvalue weighted by atomic mass is 10.2. The van der Waals surface area contributed by atoms with Gasteiger partial charge in [0, 0.05) is 6.54 Å². The molecule has 0 aromatic rings. The fourth-order valence-corrected chi connectivity index (χ4v) is 1.14. The monoisotopic (exact) mass is 199 g/mol. The van der Waals surface area contributed by atoms with Crippen molar-refractivity contribution >= 4 is 6.09 Å². The lowest BCUT2D eigenvalue weighted by molar-refractivity contribution is 0.0288. The van der Waals surface area contributed by atoms with Crippen molar-refractivity contribution in [2.24, 2.45) is 0 Å². The number of amides is 1. The van der Waals surface area contributed by atoms with E-state index in [1.54, 1.807) is 12.0 Å². The van der Waals surface area contributed by atoms with Gasteiger partial charge in [-0.05, 0) is 26.8 Å². The Morgan fingerprint density at radius 2 is 2.14 bits per heavy atom. The fourth-order valence-electron chi connectivity index (χ4n) is 1.14. The summed E-state index contributed by atoms with van der Waals surface area (Å²) in [5, 5.41) is 0. The minimum atomic E-state index is -0.438. The van der Waals surface area contributed by atoms with E-state index in [1.807, 2.05) is 26.8 Å². The van der Waals surface area contributed by atoms with E-state index in [1.165, 1.54) is 0 Å². The number of carbonyl (C=O) groups excluding carboxylic acids is 1. The third-order valence-electron chi connectivity index (χ3n) is 1.80. The molecule has 1 heterocycles. The number of carbonyl (C=O) groups is 1. The molecule has 0 atom stereocenters. The van der Waals surface area contributed by atoms with E-state index >= 15 is 0 Å². The predicted octanol–water partition coefficient (Wildman–Crippen LogP) is 1.77. The molecule has 0 aromatic carbocycles. The van der Waals surface area contributed by atoms with Gasteiger partial charge in [0.1, 0.15) is 11.4 Å². The summed E-state index contributed by atoms with van der Waals surface area (Å²) in [5.41, 5.74) is -0.438. The SMILES string of the molecule is COC1=CCN(C(=O)OC(C)(C)C)C1. The van der Waals surface area contributed by atoms with Gasteiger partial charge in [-0.15, -0.1) is 0 Å². The van der Waals surface area contributed by atoms with Crippen molar-refractivity contribution in [1.29, 1.82) is 0 Å². The van der Waals surface area contributed by atoms with Crippen LogP contribution in [-0.2, 0) is 9.47 Å². The van der Waals surface area contributed by atoms with Crippen molar-refractivity contribution in [2.45, 2.75) is 26.4 Å². The van der Waals surface area contributed by atoms with Gasteiger partial charge in [0.05, 0.1) is 13.7 Å². The van der Waals surface area contributed by atoms with Crippen LogP contribution >= 0.6 is 0 Å². The van der Waals surface area contributed by atoms with Crippen molar-refractivity contribution in [3.05, 3.63) is 11.8 Å². The summed E-state index contributed by atoms with van der Waals surface area (Å²) in [7, 11) is 1.60. The van der Waals surface area contributed by atoms with Crippen LogP contribution in [-0.4, -0.2) is 36.8 Å². The molecule has 0 spiro atoms. The third-order valence-corrected chi connectivity index (χ3v) is 1.80. The Bertz CT molecular complexity index is 253. The molecule has 4 nitrogen and oxygen atoms in total. The molecular weight excluding hydrogens is 182 g/mol. The molecule has 1 rings (SSSR count). The molecule has 1 aliphatic heterocycles. The molecule has 1 amide bonds. The summed E-state index contributed by atoms with van der Waals surface area (Å²) in [5.74, 6) is 0.816. The smallest absolute Gasteiger partial charge is 0.410 e. The quantitative estimate of drug-likeness (QED) is 0.646. The molecule has 1 aliphatic rings. The highest BCUT2D eigenvalue weighted by Crippen LogP contribution is 2.14. The zero-order valence-corrected chi connectivity index (χ0v) is 9.16. The summed E-state index contributed by atoms with van der Waals surface area (Å²) >= 11 is 0. The van der Waals surface area contributed by atoms with Gasteiger partial charge in [-0.25, -0.2) is 4.79 Å². The molecular formula is C10H17NO3. The topological polar surface area (TPSA) is 38.8 Å². The van der Waals surface area contributed by atoms with Gasteiger partial charge in [-0.1, -0.05) is 0 Å². The van der Waals surface area contributed by atoms with Crippen molar-refractivity contribution < 1.29 is 14.3 Å². The second-order valence-electron chi connectivity index (χ2n) is 4.24. The van der Waals surface area contributed by atoms with E-state index < -0.39 is 5.60 Å². The van der Waals surface area contributed by atoms with Crippen LogP contribution in [0.25, 0.3) is 0 Å². The van der Waals surface area contributed by atoms with Crippen LogP contribution in [0.2, 0.25) is 0 Å². The van der Waals surface area contributed by atoms with Gasteiger partial charge in [0.15, 0.2) is 0 Å². The first-order valence-corrected chi connectivity index (χ1v) is 4.63. The Labute approximate surface area is 84.5 Å². The highest BCUT2D eigenvalue weighted by molar-refractivity contribution is 5.69. The van der Waals surface area contributed by atoms with Crippen molar-refractivity contribution in [2.75, 3.05) is 20.2 Å². The van der Waals surface area contributed by atoms with Gasteiger partial charge in [0.25, 0.3) is 0 Å². The summed E-state index contributed by atoms with van der Waals surface area (Å²) in [6, 6.07) is 0. The standard InChI is InChI=1S/C10H17NO3/c1-10(2,3)14-9(12)11-6-5-8(7-11)13-4/h5H,6-7H2,1-4H3. The van der Waals surface area contributed by atoms with Gasteiger partial charge < -0.3 is 9.47 Å². The maximum atomic E-state index is 11.5. The van der Waals surface area contributed by atoms with E-state index in [9.17, 15) is 4.79 Å². The minimum absolute atomic E-state index is 0.291. The molecule has 0 N–H and O–H groups in total. The van der Waals surface area contributed by atoms with Gasteiger partial charge in [-0.3, -0.25) is 4.90 Å². The fraction of sp³-hybridized carbons (Fsp3) is 0.700. The summed E-state index contributed by atoms with van der Waals surface area (Å²) in [6.45, 7) is 6.63. The van der Waals surface area contributed by atoms with Crippen LogP contribution < -0.4 is 0 Å². The van der Waals surface area contributed by atoms with Crippen LogP contribution in [0.3, 0.4) is 0 Å². The number of ether oxygens (including phenoxy) is 2. The number of hydrogen-bond donors (Lipinski definition) is 0. The summed E-state index contributed by atoms with van der Waals surface area (Å²) < 4.78 is 10.2. The van der Waals surface area contributed by atoms with E-state index in [0.717, 1.165) is 5.76 Å². The summed E-state index contributed by atoms with van der Waals surface area (Å²) in [6.07, 6.45) is 1.59. The van der Waals surface area contributed by atoms with Crippen LogP contribution in [0.1, 0.15) is 20.8 Å². The first kappa shape index (κ1) is 10.9. The Morgan fingerprint density at radius 1 is 1.50 bits per heavy atom. The van der Waals surface area contributed by atoms with E-state index in [4.69, 9.17) is 9.47 Å². The van der Waals surface area contributed by atoms with Crippen molar-refractivity contribution in [3.63, 3.8) is 0 Å². The first-order valence-electron chi connectivity index (χ1n) is 4.63. The molecule has 0 bridgehead atoms. The van der Waals surface area contributed by atoms with Crippen LogP contribution in [0.5, 0.6) is 0 Å². The Kier molecular flexibility index (Phi) is 3.03. The molecule has 0 saturated heterocycles. The van der Waals surface area contributed by atoms with Crippen LogP contribution in [0, 0.1) is 0 Å². The van der Waals surface area contributed by atoms with Crippen molar-refractivity contribution in [1.82, 2.24) is 4.90 Å². The number of methoxy groups -OCH3 is 1. The molecule has 14 heavy (non-hydrogen) atoms. The average molecular weight is 199 g/mol. The van der Waals surface area contributed by atoms with Gasteiger partial charge in [-0.2, -0.15) is 0 Å². The minimum Gasteiger partial charge on any atom is -0.499 e. The second kappa shape index (κ2) is 3.90. The van der Waals surface area contributed by atoms with Crippen LogP contribution in [0.15, 0.2) is 11.8 Å². The van der Waals surface area contributed by atoms with E-state index in [2.05, 4.69) is 0 Å². The maximum absolute atomic E-state index is 11.5. The maximum Gasteiger partial charge on any atom is 0.410 e. The highest BCUT2D eigenvalue weighted by atomic mass is 16.6. The largest absolute Gasteiger partial charge is 0.499 e. The summed E-state index contributed by atoms with van der Waals surface area (Å²) in [4.78, 5) is 13.1. The Balaban J connectivity index is 2.42. The number of nitrogens with zero attached hydrogens (tertiary/aromatic N) is 1. The first-order chi connectivity index (χ1) is 6.42. The molecule has 0 unspecified atom stereocenters. The molecule has 0 fully saturated rings. The molecule has 80 valence electrons. The van der Waals surface area contributed by atoms with E-state index in [-0.39, 0.29) is 6.09 Å². The molecule has 0 aromatic heterocycles. The van der Waals surface area contributed by atoms with Gasteiger partial charge in [0.2, 0.25) is 0 Å². The lowest BCUT2D eigenvalue weighted by Gasteiger charge is -2.24. The molecule has 0 saturated carbocycles. The zero-order chi connectivity index (χ0) is 10.8. The normalized spacial score (nSPS) is 16.6. The molecule has 4 heteroatoms. The van der Waals surface area contributed by atoms with E-state index in [0.29, 0.717) is 13.1 Å². The number of rotatable bonds is 1. The average Bonchev–Trinajstić information content (AvgIpc) is 2.48. The molecule has 0 radical (unpaired) electrons. The van der Waals surface area contributed by atoms with Crippen molar-refractivity contribution in [3.8, 4) is 0 Å². The highest BCUT2D eigenvalue weighted by Gasteiger charge is 2.25. The lowest BCUT2D eigenvalue weighted by Crippen LogP contribution is -2.35. The Hall–Kier alpha value is -1.19. The van der Waals surface area contributed by atoms with Crippen LogP contribution in [0.4, 0.5) is 4.79 Å². The second-order valence-corrected chi connectivity index (χ2v) is 4.24.